The third-order valence-electron chi connectivity index (χ3n) is 5.24. The van der Waals surface area contributed by atoms with Crippen LogP contribution in [0.5, 0.6) is 0 Å². The monoisotopic (exact) mass is 371 g/mol. The summed E-state index contributed by atoms with van der Waals surface area (Å²) in [6, 6.07) is 10.3. The van der Waals surface area contributed by atoms with E-state index < -0.39 is 6.09 Å². The zero-order valence-corrected chi connectivity index (χ0v) is 15.8. The van der Waals surface area contributed by atoms with Gasteiger partial charge in [0.15, 0.2) is 5.13 Å². The van der Waals surface area contributed by atoms with Crippen molar-refractivity contribution in [2.45, 2.75) is 51.2 Å². The van der Waals surface area contributed by atoms with Crippen LogP contribution in [0.4, 0.5) is 9.93 Å². The van der Waals surface area contributed by atoms with E-state index in [1.807, 2.05) is 30.3 Å². The topological polar surface area (TPSA) is 54.5 Å². The van der Waals surface area contributed by atoms with Gasteiger partial charge in [0.05, 0.1) is 5.69 Å². The number of aromatic nitrogens is 1. The first-order valence-electron chi connectivity index (χ1n) is 9.48. The zero-order chi connectivity index (χ0) is 17.8. The van der Waals surface area contributed by atoms with E-state index in [4.69, 9.17) is 4.74 Å². The van der Waals surface area contributed by atoms with Crippen LogP contribution in [0.3, 0.4) is 0 Å². The number of piperidine rings is 1. The molecule has 6 heteroatoms. The number of benzene rings is 1. The van der Waals surface area contributed by atoms with E-state index in [1.54, 1.807) is 11.3 Å². The molecule has 1 N–H and O–H groups in total. The van der Waals surface area contributed by atoms with Crippen LogP contribution in [0.2, 0.25) is 0 Å². The number of likely N-dealkylation sites (tertiary alicyclic amines) is 1. The van der Waals surface area contributed by atoms with E-state index in [1.165, 1.54) is 43.6 Å². The van der Waals surface area contributed by atoms with Gasteiger partial charge in [-0.2, -0.15) is 0 Å². The van der Waals surface area contributed by atoms with Crippen LogP contribution in [0.1, 0.15) is 41.8 Å². The van der Waals surface area contributed by atoms with Crippen LogP contribution in [0, 0.1) is 0 Å². The Hall–Kier alpha value is -1.92. The molecular weight excluding hydrogens is 346 g/mol. The van der Waals surface area contributed by atoms with E-state index in [2.05, 4.69) is 15.2 Å². The first-order chi connectivity index (χ1) is 12.8. The lowest BCUT2D eigenvalue weighted by Crippen LogP contribution is -2.42. The Kier molecular flexibility index (Phi) is 5.51. The molecule has 1 aliphatic carbocycles. The number of carbonyl (C=O) groups excluding carboxylic acids is 1. The van der Waals surface area contributed by atoms with Crippen molar-refractivity contribution < 1.29 is 9.53 Å². The van der Waals surface area contributed by atoms with Gasteiger partial charge in [0.1, 0.15) is 6.61 Å². The van der Waals surface area contributed by atoms with Crippen molar-refractivity contribution in [2.24, 2.45) is 0 Å². The van der Waals surface area contributed by atoms with Crippen molar-refractivity contribution in [2.75, 3.05) is 18.4 Å². The SMILES string of the molecule is O=C(Nc1nc2c(s1)CC(N1CCCCC1)CC2)OCc1ccccc1. The van der Waals surface area contributed by atoms with Crippen LogP contribution in [0.25, 0.3) is 0 Å². The predicted molar refractivity (Wildman–Crippen MR) is 104 cm³/mol. The van der Waals surface area contributed by atoms with Gasteiger partial charge in [-0.25, -0.2) is 9.78 Å². The molecule has 0 saturated carbocycles. The van der Waals surface area contributed by atoms with Crippen LogP contribution in [-0.2, 0) is 24.2 Å². The molecule has 0 spiro atoms. The Balaban J connectivity index is 1.32. The number of nitrogens with one attached hydrogen (secondary N) is 1. The highest BCUT2D eigenvalue weighted by molar-refractivity contribution is 7.15. The van der Waals surface area contributed by atoms with E-state index in [0.29, 0.717) is 11.2 Å². The quantitative estimate of drug-likeness (QED) is 0.874. The van der Waals surface area contributed by atoms with Gasteiger partial charge in [0, 0.05) is 10.9 Å². The van der Waals surface area contributed by atoms with Gasteiger partial charge < -0.3 is 9.64 Å². The van der Waals surface area contributed by atoms with Gasteiger partial charge in [-0.15, -0.1) is 11.3 Å². The predicted octanol–water partition coefficient (Wildman–Crippen LogP) is 4.24. The third kappa shape index (κ3) is 4.24. The number of thiazole rings is 1. The van der Waals surface area contributed by atoms with Crippen molar-refractivity contribution in [1.29, 1.82) is 0 Å². The molecule has 1 amide bonds. The number of anilines is 1. The number of fused-ring (bicyclic) bond motifs is 1. The summed E-state index contributed by atoms with van der Waals surface area (Å²) in [5.41, 5.74) is 2.13. The minimum atomic E-state index is -0.437. The van der Waals surface area contributed by atoms with E-state index in [0.717, 1.165) is 24.1 Å². The second-order valence-corrected chi connectivity index (χ2v) is 8.15. The molecule has 2 aliphatic rings. The van der Waals surface area contributed by atoms with E-state index in [-0.39, 0.29) is 6.61 Å². The molecule has 1 aliphatic heterocycles. The van der Waals surface area contributed by atoms with Gasteiger partial charge in [0.2, 0.25) is 0 Å². The fourth-order valence-electron chi connectivity index (χ4n) is 3.85. The number of aryl methyl sites for hydroxylation is 1. The van der Waals surface area contributed by atoms with Gasteiger partial charge >= 0.3 is 6.09 Å². The standard InChI is InChI=1S/C20H25N3O2S/c24-20(25-14-15-7-3-1-4-8-15)22-19-21-17-10-9-16(13-18(17)26-19)23-11-5-2-6-12-23/h1,3-4,7-8,16H,2,5-6,9-14H2,(H,21,22,24). The number of nitrogens with zero attached hydrogens (tertiary/aromatic N) is 2. The Labute approximate surface area is 158 Å². The summed E-state index contributed by atoms with van der Waals surface area (Å²) in [5, 5.41) is 3.46. The number of amides is 1. The largest absolute Gasteiger partial charge is 0.444 e. The van der Waals surface area contributed by atoms with Crippen molar-refractivity contribution in [3.63, 3.8) is 0 Å². The normalized spacial score (nSPS) is 20.4. The second-order valence-electron chi connectivity index (χ2n) is 7.07. The van der Waals surface area contributed by atoms with Crippen LogP contribution in [0.15, 0.2) is 30.3 Å². The molecule has 0 bridgehead atoms. The molecule has 2 aromatic rings. The Morgan fingerprint density at radius 3 is 2.85 bits per heavy atom. The maximum atomic E-state index is 12.0. The summed E-state index contributed by atoms with van der Waals surface area (Å²) in [6.07, 6.45) is 6.83. The first kappa shape index (κ1) is 17.5. The lowest BCUT2D eigenvalue weighted by Gasteiger charge is -2.36. The highest BCUT2D eigenvalue weighted by Gasteiger charge is 2.28. The summed E-state index contributed by atoms with van der Waals surface area (Å²) in [6.45, 7) is 2.74. The minimum Gasteiger partial charge on any atom is -0.444 e. The van der Waals surface area contributed by atoms with E-state index in [9.17, 15) is 4.79 Å². The van der Waals surface area contributed by atoms with Gasteiger partial charge in [-0.05, 0) is 50.8 Å². The lowest BCUT2D eigenvalue weighted by molar-refractivity contribution is 0.150. The number of hydrogen-bond donors (Lipinski definition) is 1. The smallest absolute Gasteiger partial charge is 0.413 e. The minimum absolute atomic E-state index is 0.273. The number of hydrogen-bond acceptors (Lipinski definition) is 5. The summed E-state index contributed by atoms with van der Waals surface area (Å²) < 4.78 is 5.29. The molecule has 138 valence electrons. The van der Waals surface area contributed by atoms with Gasteiger partial charge in [-0.3, -0.25) is 5.32 Å². The third-order valence-corrected chi connectivity index (χ3v) is 6.28. The lowest BCUT2D eigenvalue weighted by atomic mass is 9.94. The number of ether oxygens (including phenoxy) is 1. The van der Waals surface area contributed by atoms with Crippen LogP contribution in [-0.4, -0.2) is 35.1 Å². The molecule has 1 saturated heterocycles. The Morgan fingerprint density at radius 2 is 2.04 bits per heavy atom. The zero-order valence-electron chi connectivity index (χ0n) is 14.9. The van der Waals surface area contributed by atoms with Crippen LogP contribution >= 0.6 is 11.3 Å². The molecule has 26 heavy (non-hydrogen) atoms. The summed E-state index contributed by atoms with van der Waals surface area (Å²) in [7, 11) is 0. The maximum Gasteiger partial charge on any atom is 0.413 e. The average molecular weight is 372 g/mol. The van der Waals surface area contributed by atoms with Crippen LogP contribution < -0.4 is 5.32 Å². The summed E-state index contributed by atoms with van der Waals surface area (Å²) >= 11 is 1.60. The summed E-state index contributed by atoms with van der Waals surface area (Å²) in [4.78, 5) is 20.6. The average Bonchev–Trinajstić information content (AvgIpc) is 3.09. The molecule has 4 rings (SSSR count). The van der Waals surface area contributed by atoms with Gasteiger partial charge in [0.25, 0.3) is 0 Å². The van der Waals surface area contributed by atoms with E-state index >= 15 is 0 Å². The molecule has 1 fully saturated rings. The fraction of sp³-hybridized carbons (Fsp3) is 0.500. The number of rotatable bonds is 4. The molecule has 1 atom stereocenters. The Bertz CT molecular complexity index is 741. The first-order valence-corrected chi connectivity index (χ1v) is 10.3. The molecule has 1 unspecified atom stereocenters. The van der Waals surface area contributed by atoms with Crippen molar-refractivity contribution in [3.05, 3.63) is 46.5 Å². The molecule has 1 aromatic heterocycles. The van der Waals surface area contributed by atoms with Gasteiger partial charge in [-0.1, -0.05) is 36.8 Å². The molecular formula is C20H25N3O2S. The van der Waals surface area contributed by atoms with Crippen molar-refractivity contribution in [1.82, 2.24) is 9.88 Å². The molecule has 5 nitrogen and oxygen atoms in total. The fourth-order valence-corrected chi connectivity index (χ4v) is 4.92. The maximum absolute atomic E-state index is 12.0. The molecule has 1 aromatic carbocycles. The second kappa shape index (κ2) is 8.18. The summed E-state index contributed by atoms with van der Waals surface area (Å²) in [5.74, 6) is 0. The highest BCUT2D eigenvalue weighted by Crippen LogP contribution is 2.32. The van der Waals surface area contributed by atoms with Crippen molar-refractivity contribution in [3.8, 4) is 0 Å². The Morgan fingerprint density at radius 1 is 1.23 bits per heavy atom. The highest BCUT2D eigenvalue weighted by atomic mass is 32.1. The number of carbonyl (C=O) groups is 1. The van der Waals surface area contributed by atoms with Crippen molar-refractivity contribution >= 4 is 22.6 Å². The molecule has 0 radical (unpaired) electrons. The molecule has 2 heterocycles.